The summed E-state index contributed by atoms with van der Waals surface area (Å²) in [5.74, 6) is 0. The molecule has 0 aromatic carbocycles. The van der Waals surface area contributed by atoms with Gasteiger partial charge in [-0.2, -0.15) is 0 Å². The lowest BCUT2D eigenvalue weighted by molar-refractivity contribution is 0.685. The van der Waals surface area contributed by atoms with Gasteiger partial charge in [0, 0.05) is 29.4 Å². The van der Waals surface area contributed by atoms with Crippen LogP contribution in [-0.2, 0) is 6.54 Å². The highest BCUT2D eigenvalue weighted by atomic mass is 32.1. The SMILES string of the molecule is CCn1c(=O)[nH]c2sc(-c3cncnc3)c(C)c2c1=O. The number of fused-ring (bicyclic) bond motifs is 1. The van der Waals surface area contributed by atoms with Crippen molar-refractivity contribution >= 4 is 21.6 Å². The summed E-state index contributed by atoms with van der Waals surface area (Å²) in [6.07, 6.45) is 4.85. The molecule has 0 radical (unpaired) electrons. The summed E-state index contributed by atoms with van der Waals surface area (Å²) in [7, 11) is 0. The molecule has 0 unspecified atom stereocenters. The molecule has 0 spiro atoms. The first-order valence-corrected chi connectivity index (χ1v) is 6.96. The van der Waals surface area contributed by atoms with E-state index in [0.717, 1.165) is 16.0 Å². The predicted molar refractivity (Wildman–Crippen MR) is 78.1 cm³/mol. The van der Waals surface area contributed by atoms with Crippen molar-refractivity contribution in [2.75, 3.05) is 0 Å². The van der Waals surface area contributed by atoms with Crippen LogP contribution in [0.15, 0.2) is 28.3 Å². The number of thiophene rings is 1. The lowest BCUT2D eigenvalue weighted by Gasteiger charge is -2.00. The van der Waals surface area contributed by atoms with E-state index in [1.54, 1.807) is 19.3 Å². The van der Waals surface area contributed by atoms with Crippen molar-refractivity contribution in [3.8, 4) is 10.4 Å². The molecule has 3 aromatic heterocycles. The van der Waals surface area contributed by atoms with Crippen molar-refractivity contribution in [3.05, 3.63) is 45.1 Å². The number of hydrogen-bond donors (Lipinski definition) is 1. The van der Waals surface area contributed by atoms with Gasteiger partial charge in [-0.15, -0.1) is 11.3 Å². The van der Waals surface area contributed by atoms with E-state index < -0.39 is 0 Å². The third kappa shape index (κ3) is 1.78. The maximum Gasteiger partial charge on any atom is 0.329 e. The zero-order valence-corrected chi connectivity index (χ0v) is 11.8. The van der Waals surface area contributed by atoms with E-state index in [-0.39, 0.29) is 11.2 Å². The molecule has 0 aliphatic carbocycles. The molecular formula is C13H12N4O2S. The normalized spacial score (nSPS) is 11.1. The highest BCUT2D eigenvalue weighted by Crippen LogP contribution is 2.34. The van der Waals surface area contributed by atoms with Crippen LogP contribution in [0.1, 0.15) is 12.5 Å². The van der Waals surface area contributed by atoms with Crippen molar-refractivity contribution < 1.29 is 0 Å². The summed E-state index contributed by atoms with van der Waals surface area (Å²) >= 11 is 1.38. The van der Waals surface area contributed by atoms with Crippen LogP contribution in [-0.4, -0.2) is 19.5 Å². The Morgan fingerprint density at radius 3 is 2.65 bits per heavy atom. The molecule has 20 heavy (non-hydrogen) atoms. The lowest BCUT2D eigenvalue weighted by Crippen LogP contribution is -2.34. The number of nitrogens with one attached hydrogen (secondary N) is 1. The number of aromatic nitrogens is 4. The molecule has 6 nitrogen and oxygen atoms in total. The van der Waals surface area contributed by atoms with E-state index in [9.17, 15) is 9.59 Å². The number of aromatic amines is 1. The Balaban J connectivity index is 2.40. The first-order chi connectivity index (χ1) is 9.63. The van der Waals surface area contributed by atoms with Gasteiger partial charge in [0.05, 0.1) is 5.39 Å². The fourth-order valence-electron chi connectivity index (χ4n) is 2.23. The average Bonchev–Trinajstić information content (AvgIpc) is 2.77. The second-order valence-electron chi connectivity index (χ2n) is 4.37. The monoisotopic (exact) mass is 288 g/mol. The smallest absolute Gasteiger partial charge is 0.298 e. The minimum Gasteiger partial charge on any atom is -0.298 e. The van der Waals surface area contributed by atoms with Crippen molar-refractivity contribution in [1.29, 1.82) is 0 Å². The summed E-state index contributed by atoms with van der Waals surface area (Å²) in [6.45, 7) is 4.00. The zero-order chi connectivity index (χ0) is 14.3. The number of H-pyrrole nitrogens is 1. The van der Waals surface area contributed by atoms with E-state index in [1.165, 1.54) is 22.2 Å². The van der Waals surface area contributed by atoms with Crippen molar-refractivity contribution in [2.24, 2.45) is 0 Å². The minimum atomic E-state index is -0.373. The van der Waals surface area contributed by atoms with Gasteiger partial charge < -0.3 is 0 Å². The lowest BCUT2D eigenvalue weighted by atomic mass is 10.1. The maximum absolute atomic E-state index is 12.4. The average molecular weight is 288 g/mol. The second kappa shape index (κ2) is 4.68. The first kappa shape index (κ1) is 12.7. The molecule has 0 aliphatic heterocycles. The topological polar surface area (TPSA) is 80.6 Å². The van der Waals surface area contributed by atoms with Crippen molar-refractivity contribution in [3.63, 3.8) is 0 Å². The van der Waals surface area contributed by atoms with Crippen molar-refractivity contribution in [2.45, 2.75) is 20.4 Å². The summed E-state index contributed by atoms with van der Waals surface area (Å²) in [6, 6.07) is 0. The van der Waals surface area contributed by atoms with Gasteiger partial charge in [-0.3, -0.25) is 14.3 Å². The van der Waals surface area contributed by atoms with E-state index in [0.29, 0.717) is 16.8 Å². The molecule has 7 heteroatoms. The molecule has 0 saturated heterocycles. The molecule has 0 bridgehead atoms. The van der Waals surface area contributed by atoms with Crippen LogP contribution in [0.5, 0.6) is 0 Å². The van der Waals surface area contributed by atoms with Gasteiger partial charge in [0.2, 0.25) is 0 Å². The summed E-state index contributed by atoms with van der Waals surface area (Å²) < 4.78 is 1.20. The molecule has 102 valence electrons. The predicted octanol–water partition coefficient (Wildman–Crippen LogP) is 1.54. The van der Waals surface area contributed by atoms with Crippen LogP contribution in [0.2, 0.25) is 0 Å². The van der Waals surface area contributed by atoms with Gasteiger partial charge in [0.15, 0.2) is 0 Å². The number of nitrogens with zero attached hydrogens (tertiary/aromatic N) is 3. The standard InChI is InChI=1S/C13H12N4O2S/c1-3-17-12(18)9-7(2)10(8-4-14-6-15-5-8)20-11(9)16-13(17)19/h4-6H,3H2,1-2H3,(H,16,19). The molecule has 3 rings (SSSR count). The Morgan fingerprint density at radius 1 is 1.30 bits per heavy atom. The van der Waals surface area contributed by atoms with Crippen LogP contribution in [0.4, 0.5) is 0 Å². The fraction of sp³-hybridized carbons (Fsp3) is 0.231. The fourth-order valence-corrected chi connectivity index (χ4v) is 3.39. The number of aryl methyl sites for hydroxylation is 1. The Morgan fingerprint density at radius 2 is 2.00 bits per heavy atom. The summed E-state index contributed by atoms with van der Waals surface area (Å²) in [5.41, 5.74) is 1.07. The van der Waals surface area contributed by atoms with Gasteiger partial charge in [-0.25, -0.2) is 14.8 Å². The van der Waals surface area contributed by atoms with Crippen LogP contribution in [0.3, 0.4) is 0 Å². The Labute approximate surface area is 117 Å². The summed E-state index contributed by atoms with van der Waals surface area (Å²) in [4.78, 5) is 36.4. The molecule has 0 fully saturated rings. The van der Waals surface area contributed by atoms with Gasteiger partial charge >= 0.3 is 5.69 Å². The van der Waals surface area contributed by atoms with Gasteiger partial charge in [0.25, 0.3) is 5.56 Å². The van der Waals surface area contributed by atoms with Crippen LogP contribution in [0.25, 0.3) is 20.7 Å². The van der Waals surface area contributed by atoms with Gasteiger partial charge in [-0.05, 0) is 19.4 Å². The molecule has 3 heterocycles. The van der Waals surface area contributed by atoms with Crippen LogP contribution in [0, 0.1) is 6.92 Å². The Bertz CT molecular complexity index is 892. The molecule has 0 atom stereocenters. The molecule has 0 aliphatic rings. The van der Waals surface area contributed by atoms with E-state index in [1.807, 2.05) is 6.92 Å². The van der Waals surface area contributed by atoms with E-state index in [2.05, 4.69) is 15.0 Å². The largest absolute Gasteiger partial charge is 0.329 e. The first-order valence-electron chi connectivity index (χ1n) is 6.15. The van der Waals surface area contributed by atoms with E-state index >= 15 is 0 Å². The molecule has 3 aromatic rings. The Hall–Kier alpha value is -2.28. The highest BCUT2D eigenvalue weighted by molar-refractivity contribution is 7.22. The quantitative estimate of drug-likeness (QED) is 0.775. The Kier molecular flexibility index (Phi) is 2.98. The van der Waals surface area contributed by atoms with Crippen LogP contribution >= 0.6 is 11.3 Å². The van der Waals surface area contributed by atoms with Crippen LogP contribution < -0.4 is 11.2 Å². The minimum absolute atomic E-state index is 0.247. The molecular weight excluding hydrogens is 276 g/mol. The second-order valence-corrected chi connectivity index (χ2v) is 5.39. The highest BCUT2D eigenvalue weighted by Gasteiger charge is 2.16. The summed E-state index contributed by atoms with van der Waals surface area (Å²) in [5, 5.41) is 0.565. The maximum atomic E-state index is 12.4. The van der Waals surface area contributed by atoms with E-state index in [4.69, 9.17) is 0 Å². The number of rotatable bonds is 2. The van der Waals surface area contributed by atoms with Gasteiger partial charge in [0.1, 0.15) is 11.2 Å². The number of hydrogen-bond acceptors (Lipinski definition) is 5. The third-order valence-electron chi connectivity index (χ3n) is 3.21. The molecule has 1 N–H and O–H groups in total. The van der Waals surface area contributed by atoms with Gasteiger partial charge in [-0.1, -0.05) is 0 Å². The zero-order valence-electron chi connectivity index (χ0n) is 11.0. The third-order valence-corrected chi connectivity index (χ3v) is 4.47. The molecule has 0 saturated carbocycles. The molecule has 0 amide bonds. The van der Waals surface area contributed by atoms with Crippen molar-refractivity contribution in [1.82, 2.24) is 19.5 Å².